The molecule has 4 nitrogen and oxygen atoms in total. The van der Waals surface area contributed by atoms with Crippen molar-refractivity contribution < 1.29 is 8.91 Å². The topological polar surface area (TPSA) is 32.5 Å². The first-order valence-corrected chi connectivity index (χ1v) is 6.54. The third kappa shape index (κ3) is 2.39. The van der Waals surface area contributed by atoms with Gasteiger partial charge < -0.3 is 14.3 Å². The number of rotatable bonds is 4. The number of nitrogens with zero attached hydrogens (tertiary/aromatic N) is 3. The number of benzene rings is 1. The lowest BCUT2D eigenvalue weighted by atomic mass is 10.2. The van der Waals surface area contributed by atoms with Crippen LogP contribution in [0.15, 0.2) is 35.0 Å². The quantitative estimate of drug-likeness (QED) is 0.835. The molecule has 1 aromatic carbocycles. The van der Waals surface area contributed by atoms with Crippen LogP contribution in [0.5, 0.6) is 0 Å². The summed E-state index contributed by atoms with van der Waals surface area (Å²) in [5, 5.41) is 4.76. The molecule has 0 N–H and O–H groups in total. The van der Waals surface area contributed by atoms with E-state index in [2.05, 4.69) is 10.1 Å². The number of hydrogen-bond acceptors (Lipinski definition) is 4. The Kier molecular flexibility index (Phi) is 3.41. The summed E-state index contributed by atoms with van der Waals surface area (Å²) in [6, 6.07) is 8.07. The molecule has 0 spiro atoms. The van der Waals surface area contributed by atoms with Crippen LogP contribution in [0.1, 0.15) is 0 Å². The summed E-state index contributed by atoms with van der Waals surface area (Å²) in [6.45, 7) is 0.818. The summed E-state index contributed by atoms with van der Waals surface area (Å²) < 4.78 is 17.4. The highest BCUT2D eigenvalue weighted by Gasteiger charge is 2.08. The van der Waals surface area contributed by atoms with E-state index in [-0.39, 0.29) is 6.67 Å². The van der Waals surface area contributed by atoms with E-state index in [1.165, 1.54) is 0 Å². The van der Waals surface area contributed by atoms with Gasteiger partial charge in [-0.25, -0.2) is 4.39 Å². The summed E-state index contributed by atoms with van der Waals surface area (Å²) in [6.07, 6.45) is 5.74. The Bertz CT molecular complexity index is 693. The smallest absolute Gasteiger partial charge is 0.166 e. The van der Waals surface area contributed by atoms with Crippen LogP contribution in [0.4, 0.5) is 15.8 Å². The second-order valence-electron chi connectivity index (χ2n) is 4.76. The second kappa shape index (κ2) is 5.36. The van der Waals surface area contributed by atoms with E-state index in [9.17, 15) is 4.39 Å². The fraction of sp³-hybridized carbons (Fsp3) is 0.267. The van der Waals surface area contributed by atoms with Gasteiger partial charge in [0.05, 0.1) is 11.4 Å². The Morgan fingerprint density at radius 2 is 2.15 bits per heavy atom. The van der Waals surface area contributed by atoms with Gasteiger partial charge in [-0.05, 0) is 30.3 Å². The molecule has 0 atom stereocenters. The monoisotopic (exact) mass is 273 g/mol. The van der Waals surface area contributed by atoms with Gasteiger partial charge in [-0.15, -0.1) is 0 Å². The molecule has 3 rings (SSSR count). The predicted molar refractivity (Wildman–Crippen MR) is 77.7 cm³/mol. The molecule has 0 radical (unpaired) electrons. The molecule has 0 amide bonds. The van der Waals surface area contributed by atoms with Crippen molar-refractivity contribution in [1.29, 1.82) is 0 Å². The second-order valence-corrected chi connectivity index (χ2v) is 4.76. The minimum Gasteiger partial charge on any atom is -0.372 e. The number of hydrogen-bond donors (Lipinski definition) is 0. The molecule has 0 saturated carbocycles. The maximum atomic E-state index is 12.3. The summed E-state index contributed by atoms with van der Waals surface area (Å²) in [5.74, 6) is 0. The Labute approximate surface area is 116 Å². The van der Waals surface area contributed by atoms with Crippen molar-refractivity contribution in [3.63, 3.8) is 0 Å². The normalized spacial score (nSPS) is 13.4. The van der Waals surface area contributed by atoms with Gasteiger partial charge in [0, 0.05) is 37.7 Å². The number of anilines is 2. The van der Waals surface area contributed by atoms with Gasteiger partial charge in [0.1, 0.15) is 6.67 Å². The predicted octanol–water partition coefficient (Wildman–Crippen LogP) is 1.12. The molecule has 0 saturated heterocycles. The van der Waals surface area contributed by atoms with Crippen LogP contribution in [-0.2, 0) is 0 Å². The summed E-state index contributed by atoms with van der Waals surface area (Å²) in [5.41, 5.74) is 2.92. The fourth-order valence-corrected chi connectivity index (χ4v) is 2.24. The summed E-state index contributed by atoms with van der Waals surface area (Å²) >= 11 is 0. The van der Waals surface area contributed by atoms with E-state index in [4.69, 9.17) is 4.52 Å². The van der Waals surface area contributed by atoms with Gasteiger partial charge in [-0.1, -0.05) is 5.16 Å². The molecule has 1 aliphatic rings. The molecule has 1 aliphatic heterocycles. The average molecular weight is 273 g/mol. The molecule has 2 heterocycles. The lowest BCUT2D eigenvalue weighted by molar-refractivity contribution is 0.393. The van der Waals surface area contributed by atoms with E-state index in [1.807, 2.05) is 48.5 Å². The molecule has 0 unspecified atom stereocenters. The number of halogens is 1. The Hall–Kier alpha value is -2.30. The van der Waals surface area contributed by atoms with Crippen LogP contribution in [0.25, 0.3) is 12.3 Å². The van der Waals surface area contributed by atoms with Crippen molar-refractivity contribution >= 4 is 23.7 Å². The van der Waals surface area contributed by atoms with Crippen molar-refractivity contribution in [2.75, 3.05) is 36.6 Å². The summed E-state index contributed by atoms with van der Waals surface area (Å²) in [7, 11) is 1.89. The number of alkyl halides is 1. The highest BCUT2D eigenvalue weighted by Crippen LogP contribution is 2.20. The number of aromatic nitrogens is 1. The van der Waals surface area contributed by atoms with Crippen molar-refractivity contribution in [3.8, 4) is 0 Å². The third-order valence-corrected chi connectivity index (χ3v) is 3.44. The van der Waals surface area contributed by atoms with Crippen LogP contribution < -0.4 is 20.4 Å². The van der Waals surface area contributed by atoms with E-state index < -0.39 is 0 Å². The van der Waals surface area contributed by atoms with Crippen molar-refractivity contribution in [3.05, 3.63) is 41.1 Å². The zero-order chi connectivity index (χ0) is 13.9. The maximum Gasteiger partial charge on any atom is 0.166 e. The minimum atomic E-state index is -0.344. The summed E-state index contributed by atoms with van der Waals surface area (Å²) in [4.78, 5) is 4.02. The largest absolute Gasteiger partial charge is 0.372 e. The molecule has 2 aromatic rings. The highest BCUT2D eigenvalue weighted by molar-refractivity contribution is 5.65. The molecule has 1 aromatic heterocycles. The van der Waals surface area contributed by atoms with Gasteiger partial charge in [-0.3, -0.25) is 0 Å². The Morgan fingerprint density at radius 1 is 1.35 bits per heavy atom. The van der Waals surface area contributed by atoms with Gasteiger partial charge >= 0.3 is 0 Å². The molecule has 104 valence electrons. The van der Waals surface area contributed by atoms with Gasteiger partial charge in [0.2, 0.25) is 0 Å². The van der Waals surface area contributed by atoms with Crippen molar-refractivity contribution in [2.45, 2.75) is 0 Å². The molecule has 0 bridgehead atoms. The van der Waals surface area contributed by atoms with Gasteiger partial charge in [-0.2, -0.15) is 0 Å². The molecular weight excluding hydrogens is 257 g/mol. The first-order chi connectivity index (χ1) is 9.78. The SMILES string of the molecule is CN(CCF)c1ccc(N2C=c3cnoc3=CC2)cc1. The average Bonchev–Trinajstić information content (AvgIpc) is 2.95. The van der Waals surface area contributed by atoms with E-state index in [1.54, 1.807) is 6.20 Å². The lowest BCUT2D eigenvalue weighted by Gasteiger charge is -2.22. The van der Waals surface area contributed by atoms with Gasteiger partial charge in [0.25, 0.3) is 0 Å². The van der Waals surface area contributed by atoms with E-state index >= 15 is 0 Å². The Morgan fingerprint density at radius 3 is 2.90 bits per heavy atom. The molecule has 20 heavy (non-hydrogen) atoms. The fourth-order valence-electron chi connectivity index (χ4n) is 2.24. The first-order valence-electron chi connectivity index (χ1n) is 6.54. The molecule has 0 aliphatic carbocycles. The van der Waals surface area contributed by atoms with Crippen molar-refractivity contribution in [2.24, 2.45) is 0 Å². The first kappa shape index (κ1) is 12.7. The lowest BCUT2D eigenvalue weighted by Crippen LogP contribution is -2.32. The van der Waals surface area contributed by atoms with Crippen LogP contribution in [-0.4, -0.2) is 32.0 Å². The zero-order valence-electron chi connectivity index (χ0n) is 11.3. The zero-order valence-corrected chi connectivity index (χ0v) is 11.3. The minimum absolute atomic E-state index is 0.344. The van der Waals surface area contributed by atoms with Crippen LogP contribution in [0, 0.1) is 0 Å². The van der Waals surface area contributed by atoms with E-state index in [0.29, 0.717) is 6.54 Å². The molecule has 0 fully saturated rings. The maximum absolute atomic E-state index is 12.3. The van der Waals surface area contributed by atoms with Crippen LogP contribution >= 0.6 is 0 Å². The molecular formula is C15H16FN3O. The van der Waals surface area contributed by atoms with Crippen LogP contribution in [0.3, 0.4) is 0 Å². The molecule has 5 heteroatoms. The van der Waals surface area contributed by atoms with Crippen molar-refractivity contribution in [1.82, 2.24) is 5.16 Å². The standard InChI is InChI=1S/C15H16FN3O/c1-18(9-7-16)13-2-4-14(5-3-13)19-8-6-15-12(11-19)10-17-20-15/h2-6,10-11H,7-9H2,1H3. The number of fused-ring (bicyclic) bond motifs is 1. The van der Waals surface area contributed by atoms with Gasteiger partial charge in [0.15, 0.2) is 5.42 Å². The Balaban J connectivity index is 1.82. The third-order valence-electron chi connectivity index (χ3n) is 3.44. The highest BCUT2D eigenvalue weighted by atomic mass is 19.1. The van der Waals surface area contributed by atoms with E-state index in [0.717, 1.165) is 28.6 Å². The van der Waals surface area contributed by atoms with Crippen LogP contribution in [0.2, 0.25) is 0 Å².